The molecule has 2 bridgehead atoms. The molecule has 0 unspecified atom stereocenters. The van der Waals surface area contributed by atoms with Crippen molar-refractivity contribution >= 4 is 82.6 Å². The molecule has 1 aromatic carbocycles. The normalized spacial score (nSPS) is 27.4. The largest absolute Gasteiger partial charge is 0.508 e. The van der Waals surface area contributed by atoms with E-state index < -0.39 is 102 Å². The average molecular weight is 891 g/mol. The van der Waals surface area contributed by atoms with Gasteiger partial charge < -0.3 is 58.3 Å². The Labute approximate surface area is 360 Å². The lowest BCUT2D eigenvalue weighted by molar-refractivity contribution is -0.142. The summed E-state index contributed by atoms with van der Waals surface area (Å²) in [6.45, 7) is 2.69. The first-order chi connectivity index (χ1) is 29.0. The molecule has 23 heteroatoms. The second-order valence-corrected chi connectivity index (χ2v) is 16.9. The van der Waals surface area contributed by atoms with Crippen LogP contribution in [0, 0.1) is 0 Å². The van der Waals surface area contributed by atoms with Crippen LogP contribution in [-0.4, -0.2) is 154 Å². The van der Waals surface area contributed by atoms with Crippen molar-refractivity contribution in [3.63, 3.8) is 0 Å². The van der Waals surface area contributed by atoms with Crippen molar-refractivity contribution in [1.82, 2.24) is 47.4 Å². The maximum absolute atomic E-state index is 14.0. The molecule has 3 aliphatic heterocycles. The van der Waals surface area contributed by atoms with Gasteiger partial charge in [0.05, 0.1) is 18.1 Å². The highest BCUT2D eigenvalue weighted by Gasteiger charge is 2.39. The van der Waals surface area contributed by atoms with E-state index in [1.807, 2.05) is 0 Å². The number of nitrogens with one attached hydrogen (secondary N) is 8. The lowest BCUT2D eigenvalue weighted by Gasteiger charge is -2.29. The molecule has 4 rings (SSSR count). The maximum Gasteiger partial charge on any atom is 0.245 e. The van der Waals surface area contributed by atoms with Crippen molar-refractivity contribution in [3.05, 3.63) is 29.8 Å². The van der Waals surface area contributed by atoms with Crippen molar-refractivity contribution < 1.29 is 53.1 Å². The van der Waals surface area contributed by atoms with E-state index in [9.17, 15) is 53.1 Å². The van der Waals surface area contributed by atoms with Gasteiger partial charge in [-0.25, -0.2) is 0 Å². The van der Waals surface area contributed by atoms with Crippen LogP contribution in [0.2, 0.25) is 0 Å². The highest BCUT2D eigenvalue weighted by atomic mass is 32.2. The number of benzene rings is 1. The van der Waals surface area contributed by atoms with Crippen LogP contribution < -0.4 is 48.3 Å². The second-order valence-electron chi connectivity index (χ2n) is 14.9. The number of hydrogen-bond donors (Lipinski definition) is 10. The van der Waals surface area contributed by atoms with Gasteiger partial charge in [0, 0.05) is 31.0 Å². The fourth-order valence-electron chi connectivity index (χ4n) is 6.65. The number of rotatable bonds is 5. The summed E-state index contributed by atoms with van der Waals surface area (Å²) in [5.74, 6) is -7.53. The fraction of sp³-hybridized carbons (Fsp3) is 0.579. The summed E-state index contributed by atoms with van der Waals surface area (Å²) in [6.07, 6.45) is 1.66. The number of phenolic OH excluding ortho intramolecular Hbond substituents is 1. The number of nitrogens with two attached hydrogens (primary N) is 1. The molecule has 3 aliphatic rings. The number of nitrogens with zero attached hydrogens (tertiary/aromatic N) is 1. The third kappa shape index (κ3) is 15.1. The van der Waals surface area contributed by atoms with Crippen LogP contribution in [-0.2, 0) is 54.4 Å². The Morgan fingerprint density at radius 3 is 2.10 bits per heavy atom. The Balaban J connectivity index is 1.67. The number of fused-ring (bicyclic) bond motifs is 7. The Bertz CT molecular complexity index is 1820. The van der Waals surface area contributed by atoms with Gasteiger partial charge >= 0.3 is 0 Å². The highest BCUT2D eigenvalue weighted by molar-refractivity contribution is 8.00. The van der Waals surface area contributed by atoms with E-state index in [0.717, 1.165) is 23.5 Å². The minimum Gasteiger partial charge on any atom is -0.508 e. The SMILES string of the molecule is C[C@@H]1NC(=O)[C@@H](Cc2ccc(O)cc2)NC(=O)[C@@H]2CSCC(=O)N[C@@H](CCCCNC(=O)CSC[C@H](C(=O)NCC(N)=O)NC1=O)C(=O)N1CCC[C@H]1C(=O)N[C@H](C)C(=O)N2. The zero-order valence-corrected chi connectivity index (χ0v) is 35.5. The Kier molecular flexibility index (Phi) is 18.5. The zero-order chi connectivity index (χ0) is 44.6. The lowest BCUT2D eigenvalue weighted by Crippen LogP contribution is -2.60. The first kappa shape index (κ1) is 48.1. The number of thioether (sulfide) groups is 2. The van der Waals surface area contributed by atoms with Crippen molar-refractivity contribution in [1.29, 1.82) is 0 Å². The molecule has 0 saturated carbocycles. The molecule has 0 spiro atoms. The molecule has 1 aromatic rings. The Morgan fingerprint density at radius 2 is 1.39 bits per heavy atom. The molecule has 10 amide bonds. The summed E-state index contributed by atoms with van der Waals surface area (Å²) >= 11 is 1.99. The first-order valence-corrected chi connectivity index (χ1v) is 22.2. The van der Waals surface area contributed by atoms with Gasteiger partial charge in [-0.15, -0.1) is 23.5 Å². The molecule has 21 nitrogen and oxygen atoms in total. The third-order valence-corrected chi connectivity index (χ3v) is 12.0. The predicted molar refractivity (Wildman–Crippen MR) is 223 cm³/mol. The summed E-state index contributed by atoms with van der Waals surface area (Å²) in [6, 6.07) is -2.63. The van der Waals surface area contributed by atoms with Crippen molar-refractivity contribution in [3.8, 4) is 5.75 Å². The quantitative estimate of drug-likeness (QED) is 0.136. The van der Waals surface area contributed by atoms with Crippen LogP contribution in [0.25, 0.3) is 0 Å². The average Bonchev–Trinajstić information content (AvgIpc) is 3.71. The molecule has 3 fully saturated rings. The molecular weight excluding hydrogens is 837 g/mol. The number of aromatic hydroxyl groups is 1. The summed E-state index contributed by atoms with van der Waals surface area (Å²) < 4.78 is 0. The molecular formula is C38H54N10O11S2. The van der Waals surface area contributed by atoms with Gasteiger partial charge in [0.25, 0.3) is 0 Å². The molecule has 334 valence electrons. The smallest absolute Gasteiger partial charge is 0.245 e. The standard InChI is InChI=1S/C38H54N10O11S2/c1-20-32(53)46-26(34(55)41-15-29(39)50)16-60-18-30(51)40-12-4-3-6-24-38(59)48-13-5-7-28(48)37(58)43-21(2)33(54)47-27(17-61-19-31(52)44-24)36(57)45-25(35(56)42-20)14-22-8-10-23(49)11-9-22/h8-11,20-21,24-28,49H,3-7,12-19H2,1-2H3,(H2,39,50)(H,40,51)(H,41,55)(H,42,56)(H,43,58)(H,44,52)(H,45,57)(H,46,53)(H,47,54)/t20-,21+,24-,25+,26+,27-,28-/m0/s1. The van der Waals surface area contributed by atoms with Crippen LogP contribution in [0.15, 0.2) is 24.3 Å². The van der Waals surface area contributed by atoms with E-state index in [-0.39, 0.29) is 60.6 Å². The molecule has 0 aromatic heterocycles. The van der Waals surface area contributed by atoms with Crippen molar-refractivity contribution in [2.45, 2.75) is 94.7 Å². The first-order valence-electron chi connectivity index (χ1n) is 19.9. The van der Waals surface area contributed by atoms with Crippen molar-refractivity contribution in [2.75, 3.05) is 42.6 Å². The molecule has 0 radical (unpaired) electrons. The summed E-state index contributed by atoms with van der Waals surface area (Å²) in [5.41, 5.74) is 5.67. The van der Waals surface area contributed by atoms with Gasteiger partial charge in [-0.3, -0.25) is 47.9 Å². The minimum atomic E-state index is -1.38. The van der Waals surface area contributed by atoms with Gasteiger partial charge in [0.2, 0.25) is 59.1 Å². The third-order valence-electron chi connectivity index (χ3n) is 9.96. The van der Waals surface area contributed by atoms with Crippen LogP contribution in [0.3, 0.4) is 0 Å². The molecule has 7 atom stereocenters. The van der Waals surface area contributed by atoms with Gasteiger partial charge in [-0.1, -0.05) is 12.1 Å². The van der Waals surface area contributed by atoms with Crippen LogP contribution in [0.5, 0.6) is 5.75 Å². The van der Waals surface area contributed by atoms with Gasteiger partial charge in [0.1, 0.15) is 48.0 Å². The number of phenols is 1. The zero-order valence-electron chi connectivity index (χ0n) is 33.9. The lowest BCUT2D eigenvalue weighted by atomic mass is 10.0. The summed E-state index contributed by atoms with van der Waals surface area (Å²) in [4.78, 5) is 134. The van der Waals surface area contributed by atoms with Crippen molar-refractivity contribution in [2.24, 2.45) is 5.73 Å². The fourth-order valence-corrected chi connectivity index (χ4v) is 8.38. The van der Waals surface area contributed by atoms with E-state index in [0.29, 0.717) is 31.2 Å². The molecule has 3 saturated heterocycles. The number of amides is 10. The number of carbonyl (C=O) groups excluding carboxylic acids is 10. The Morgan fingerprint density at radius 1 is 0.738 bits per heavy atom. The predicted octanol–water partition coefficient (Wildman–Crippen LogP) is -3.74. The van der Waals surface area contributed by atoms with E-state index in [1.54, 1.807) is 0 Å². The molecule has 3 heterocycles. The molecule has 61 heavy (non-hydrogen) atoms. The van der Waals surface area contributed by atoms with Gasteiger partial charge in [-0.05, 0) is 63.6 Å². The summed E-state index contributed by atoms with van der Waals surface area (Å²) in [7, 11) is 0. The van der Waals surface area contributed by atoms with E-state index in [4.69, 9.17) is 5.73 Å². The van der Waals surface area contributed by atoms with E-state index in [2.05, 4.69) is 42.5 Å². The summed E-state index contributed by atoms with van der Waals surface area (Å²) in [5, 5.41) is 30.6. The highest BCUT2D eigenvalue weighted by Crippen LogP contribution is 2.21. The van der Waals surface area contributed by atoms with E-state index in [1.165, 1.54) is 43.0 Å². The molecule has 11 N–H and O–H groups in total. The van der Waals surface area contributed by atoms with E-state index >= 15 is 0 Å². The minimum absolute atomic E-state index is 0.0586. The number of carbonyl (C=O) groups is 10. The number of hydrogen-bond acceptors (Lipinski definition) is 13. The van der Waals surface area contributed by atoms with Gasteiger partial charge in [-0.2, -0.15) is 0 Å². The second kappa shape index (κ2) is 23.4. The van der Waals surface area contributed by atoms with Crippen LogP contribution in [0.4, 0.5) is 0 Å². The maximum atomic E-state index is 14.0. The Hall–Kier alpha value is -5.58. The monoisotopic (exact) mass is 890 g/mol. The van der Waals surface area contributed by atoms with Gasteiger partial charge in [0.15, 0.2) is 0 Å². The van der Waals surface area contributed by atoms with Crippen LogP contribution >= 0.6 is 23.5 Å². The molecule has 0 aliphatic carbocycles. The van der Waals surface area contributed by atoms with Crippen LogP contribution in [0.1, 0.15) is 51.5 Å². The number of primary amides is 1. The topological polar surface area (TPSA) is 316 Å².